The molecule has 0 aromatic carbocycles. The lowest BCUT2D eigenvalue weighted by atomic mass is 10.1. The molecule has 0 spiro atoms. The van der Waals surface area contributed by atoms with E-state index in [1.165, 1.54) is 0 Å². The molecule has 1 aromatic heterocycles. The lowest BCUT2D eigenvalue weighted by Gasteiger charge is -2.09. The highest BCUT2D eigenvalue weighted by Gasteiger charge is 2.59. The van der Waals surface area contributed by atoms with E-state index in [4.69, 9.17) is 10.4 Å². The molecule has 0 amide bonds. The zero-order chi connectivity index (χ0) is 13.0. The number of carboxylic acid groups (broad SMARTS) is 1. The molecule has 4 nitrogen and oxygen atoms in total. The minimum Gasteiger partial charge on any atom is -0.481 e. The topological polar surface area (TPSA) is 66.0 Å². The van der Waals surface area contributed by atoms with Gasteiger partial charge in [-0.25, -0.2) is 0 Å². The maximum absolute atomic E-state index is 11.1. The van der Waals surface area contributed by atoms with Crippen LogP contribution in [-0.2, 0) is 4.79 Å². The van der Waals surface area contributed by atoms with Crippen molar-refractivity contribution >= 4 is 53.8 Å². The van der Waals surface area contributed by atoms with Gasteiger partial charge in [0.2, 0.25) is 0 Å². The van der Waals surface area contributed by atoms with Crippen molar-refractivity contribution in [1.29, 1.82) is 5.26 Å². The first kappa shape index (κ1) is 13.1. The smallest absolute Gasteiger partial charge is 0.311 e. The predicted octanol–water partition coefficient (Wildman–Crippen LogP) is 3.68. The van der Waals surface area contributed by atoms with Crippen molar-refractivity contribution in [3.05, 3.63) is 19.2 Å². The molecule has 7 heteroatoms. The highest BCUT2D eigenvalue weighted by molar-refractivity contribution is 9.13. The Bertz CT molecular complexity index is 561. The van der Waals surface area contributed by atoms with Crippen molar-refractivity contribution in [2.24, 2.45) is 5.41 Å². The summed E-state index contributed by atoms with van der Waals surface area (Å²) in [5, 5.41) is 18.2. The second kappa shape index (κ2) is 4.11. The lowest BCUT2D eigenvalue weighted by Crippen LogP contribution is -2.15. The third-order valence-corrected chi connectivity index (χ3v) is 6.00. The second-order valence-corrected chi connectivity index (χ2v) is 6.49. The number of aliphatic carboxylic acids is 1. The molecule has 17 heavy (non-hydrogen) atoms. The maximum atomic E-state index is 11.1. The summed E-state index contributed by atoms with van der Waals surface area (Å²) in [6, 6.07) is 1.94. The fourth-order valence-corrected chi connectivity index (χ4v) is 4.13. The summed E-state index contributed by atoms with van der Waals surface area (Å²) in [4.78, 5) is 11.1. The number of nitrogens with zero attached hydrogens (tertiary/aromatic N) is 2. The maximum Gasteiger partial charge on any atom is 0.311 e. The minimum atomic E-state index is -0.815. The number of hydrogen-bond acceptors (Lipinski definition) is 2. The Labute approximate surface area is 123 Å². The molecule has 0 aliphatic heterocycles. The minimum absolute atomic E-state index is 0.137. The van der Waals surface area contributed by atoms with E-state index < -0.39 is 11.4 Å². The quantitative estimate of drug-likeness (QED) is 0.784. The summed E-state index contributed by atoms with van der Waals surface area (Å²) in [5.74, 6) is -0.815. The van der Waals surface area contributed by atoms with Crippen molar-refractivity contribution in [2.45, 2.75) is 19.4 Å². The number of aromatic nitrogens is 1. The summed E-state index contributed by atoms with van der Waals surface area (Å²) >= 11 is 10.0. The van der Waals surface area contributed by atoms with Gasteiger partial charge in [-0.05, 0) is 61.1 Å². The van der Waals surface area contributed by atoms with Crippen LogP contribution in [0.2, 0.25) is 0 Å². The summed E-state index contributed by atoms with van der Waals surface area (Å²) in [7, 11) is 0. The van der Waals surface area contributed by atoms with Crippen LogP contribution in [0.25, 0.3) is 0 Å². The fraction of sp³-hybridized carbons (Fsp3) is 0.400. The first-order chi connectivity index (χ1) is 7.84. The summed E-state index contributed by atoms with van der Waals surface area (Å²) in [6.45, 7) is 1.71. The number of carboxylic acids is 1. The fourth-order valence-electron chi connectivity index (χ4n) is 1.82. The van der Waals surface area contributed by atoms with E-state index >= 15 is 0 Å². The average Bonchev–Trinajstić information content (AvgIpc) is 2.87. The molecular formula is C10H7Br3N2O2. The first-order valence-electron chi connectivity index (χ1n) is 4.72. The lowest BCUT2D eigenvalue weighted by molar-refractivity contribution is -0.143. The number of nitriles is 1. The Morgan fingerprint density at radius 2 is 2.12 bits per heavy atom. The van der Waals surface area contributed by atoms with Crippen LogP contribution in [0, 0.1) is 16.7 Å². The Hall–Kier alpha value is -0.320. The summed E-state index contributed by atoms with van der Waals surface area (Å²) in [5.41, 5.74) is -0.285. The van der Waals surface area contributed by atoms with E-state index in [0.29, 0.717) is 25.7 Å². The van der Waals surface area contributed by atoms with Crippen LogP contribution < -0.4 is 0 Å². The van der Waals surface area contributed by atoms with Gasteiger partial charge in [0.15, 0.2) is 0 Å². The van der Waals surface area contributed by atoms with Gasteiger partial charge in [0.05, 0.1) is 21.5 Å². The largest absolute Gasteiger partial charge is 0.481 e. The SMILES string of the molecule is CC1(C(=O)O)CC1n1c(Br)c(Br)c(C#N)c1Br. The van der Waals surface area contributed by atoms with E-state index in [0.717, 1.165) is 0 Å². The highest BCUT2D eigenvalue weighted by atomic mass is 79.9. The molecule has 1 fully saturated rings. The molecule has 2 unspecified atom stereocenters. The van der Waals surface area contributed by atoms with Crippen LogP contribution in [-0.4, -0.2) is 15.6 Å². The van der Waals surface area contributed by atoms with E-state index in [2.05, 4.69) is 53.9 Å². The molecule has 1 N–H and O–H groups in total. The van der Waals surface area contributed by atoms with Gasteiger partial charge in [-0.15, -0.1) is 0 Å². The molecule has 1 aromatic rings. The summed E-state index contributed by atoms with van der Waals surface area (Å²) < 4.78 is 3.74. The van der Waals surface area contributed by atoms with Crippen molar-refractivity contribution < 1.29 is 9.90 Å². The molecule has 1 saturated carbocycles. The van der Waals surface area contributed by atoms with Gasteiger partial charge in [0.1, 0.15) is 15.3 Å². The zero-order valence-electron chi connectivity index (χ0n) is 8.67. The van der Waals surface area contributed by atoms with Crippen LogP contribution in [0.1, 0.15) is 24.9 Å². The highest BCUT2D eigenvalue weighted by Crippen LogP contribution is 2.59. The van der Waals surface area contributed by atoms with Gasteiger partial charge >= 0.3 is 5.97 Å². The Balaban J connectivity index is 2.51. The Morgan fingerprint density at radius 1 is 1.53 bits per heavy atom. The van der Waals surface area contributed by atoms with Crippen molar-refractivity contribution in [3.63, 3.8) is 0 Å². The van der Waals surface area contributed by atoms with E-state index in [9.17, 15) is 4.79 Å². The molecule has 1 aliphatic carbocycles. The summed E-state index contributed by atoms with van der Waals surface area (Å²) in [6.07, 6.45) is 0.561. The molecule has 0 bridgehead atoms. The van der Waals surface area contributed by atoms with Gasteiger partial charge < -0.3 is 9.67 Å². The number of halogens is 3. The van der Waals surface area contributed by atoms with Gasteiger partial charge in [0.25, 0.3) is 0 Å². The Kier molecular flexibility index (Phi) is 3.17. The van der Waals surface area contributed by atoms with Gasteiger partial charge in [0, 0.05) is 0 Å². The van der Waals surface area contributed by atoms with Gasteiger partial charge in [-0.1, -0.05) is 0 Å². The Morgan fingerprint density at radius 3 is 2.47 bits per heavy atom. The molecular weight excluding hydrogens is 420 g/mol. The van der Waals surface area contributed by atoms with Crippen LogP contribution >= 0.6 is 47.8 Å². The average molecular weight is 427 g/mol. The van der Waals surface area contributed by atoms with Crippen LogP contribution in [0.15, 0.2) is 13.7 Å². The standard InChI is InChI=1S/C10H7Br3N2O2/c1-10(9(16)17)2-5(10)15-7(12)4(3-14)6(11)8(15)13/h5H,2H2,1H3,(H,16,17). The molecule has 0 saturated heterocycles. The van der Waals surface area contributed by atoms with E-state index in [-0.39, 0.29) is 6.04 Å². The van der Waals surface area contributed by atoms with E-state index in [1.807, 2.05) is 0 Å². The molecule has 90 valence electrons. The third kappa shape index (κ3) is 1.77. The third-order valence-electron chi connectivity index (χ3n) is 3.13. The second-order valence-electron chi connectivity index (χ2n) is 4.19. The van der Waals surface area contributed by atoms with E-state index in [1.54, 1.807) is 11.5 Å². The number of rotatable bonds is 2. The van der Waals surface area contributed by atoms with Crippen molar-refractivity contribution in [3.8, 4) is 6.07 Å². The predicted molar refractivity (Wildman–Crippen MR) is 71.6 cm³/mol. The number of hydrogen-bond donors (Lipinski definition) is 1. The molecule has 0 radical (unpaired) electrons. The molecule has 1 aliphatic rings. The first-order valence-corrected chi connectivity index (χ1v) is 7.10. The van der Waals surface area contributed by atoms with Crippen LogP contribution in [0.5, 0.6) is 0 Å². The number of carbonyl (C=O) groups is 1. The van der Waals surface area contributed by atoms with Gasteiger partial charge in [-0.2, -0.15) is 5.26 Å². The molecule has 2 atom stereocenters. The zero-order valence-corrected chi connectivity index (χ0v) is 13.4. The van der Waals surface area contributed by atoms with Crippen molar-refractivity contribution in [2.75, 3.05) is 0 Å². The normalized spacial score (nSPS) is 26.6. The van der Waals surface area contributed by atoms with Crippen molar-refractivity contribution in [1.82, 2.24) is 4.57 Å². The van der Waals surface area contributed by atoms with Crippen LogP contribution in [0.3, 0.4) is 0 Å². The van der Waals surface area contributed by atoms with Crippen LogP contribution in [0.4, 0.5) is 0 Å². The molecule has 1 heterocycles. The van der Waals surface area contributed by atoms with Gasteiger partial charge in [-0.3, -0.25) is 4.79 Å². The molecule has 2 rings (SSSR count). The monoisotopic (exact) mass is 424 g/mol.